The van der Waals surface area contributed by atoms with E-state index in [1.54, 1.807) is 0 Å². The second-order valence-electron chi connectivity index (χ2n) is 8.54. The van der Waals surface area contributed by atoms with Gasteiger partial charge in [0.1, 0.15) is 6.10 Å². The van der Waals surface area contributed by atoms with Gasteiger partial charge < -0.3 is 9.22 Å². The zero-order valence-electron chi connectivity index (χ0n) is 15.1. The SMILES string of the molecule is C[N+](C)(C)CC1CCC(C(=O)OC2CCC(S(=O)(=O)O)CC2)CC1. The smallest absolute Gasteiger partial charge is 0.309 e. The minimum Gasteiger partial charge on any atom is -0.462 e. The summed E-state index contributed by atoms with van der Waals surface area (Å²) >= 11 is 0. The molecule has 0 aromatic heterocycles. The molecule has 0 atom stereocenters. The normalized spacial score (nSPS) is 32.3. The highest BCUT2D eigenvalue weighted by Crippen LogP contribution is 2.32. The van der Waals surface area contributed by atoms with E-state index in [-0.39, 0.29) is 18.0 Å². The Morgan fingerprint density at radius 1 is 1.00 bits per heavy atom. The lowest BCUT2D eigenvalue weighted by atomic mass is 9.81. The maximum atomic E-state index is 12.3. The third kappa shape index (κ3) is 6.01. The lowest BCUT2D eigenvalue weighted by Gasteiger charge is -2.34. The lowest BCUT2D eigenvalue weighted by Crippen LogP contribution is -2.41. The Morgan fingerprint density at radius 3 is 2.00 bits per heavy atom. The molecule has 0 unspecified atom stereocenters. The van der Waals surface area contributed by atoms with Crippen molar-refractivity contribution < 1.29 is 27.0 Å². The van der Waals surface area contributed by atoms with Gasteiger partial charge in [0.25, 0.3) is 10.1 Å². The summed E-state index contributed by atoms with van der Waals surface area (Å²) in [5.74, 6) is 0.557. The second-order valence-corrected chi connectivity index (χ2v) is 10.2. The topological polar surface area (TPSA) is 80.7 Å². The fourth-order valence-corrected chi connectivity index (χ4v) is 4.93. The maximum absolute atomic E-state index is 12.3. The van der Waals surface area contributed by atoms with Gasteiger partial charge in [0, 0.05) is 5.92 Å². The molecular formula is C17H32NO5S+. The Bertz CT molecular complexity index is 524. The van der Waals surface area contributed by atoms with Crippen LogP contribution < -0.4 is 0 Å². The number of rotatable bonds is 5. The van der Waals surface area contributed by atoms with Crippen molar-refractivity contribution in [2.75, 3.05) is 27.7 Å². The highest BCUT2D eigenvalue weighted by molar-refractivity contribution is 7.86. The summed E-state index contributed by atoms with van der Waals surface area (Å²) in [4.78, 5) is 12.3. The molecule has 2 rings (SSSR count). The van der Waals surface area contributed by atoms with Crippen LogP contribution in [0.4, 0.5) is 0 Å². The number of nitrogens with zero attached hydrogens (tertiary/aromatic N) is 1. The average molecular weight is 363 g/mol. The van der Waals surface area contributed by atoms with E-state index in [4.69, 9.17) is 9.29 Å². The fraction of sp³-hybridized carbons (Fsp3) is 0.941. The van der Waals surface area contributed by atoms with Gasteiger partial charge >= 0.3 is 5.97 Å². The molecule has 0 heterocycles. The molecule has 2 fully saturated rings. The predicted octanol–water partition coefficient (Wildman–Crippen LogP) is 2.24. The third-order valence-electron chi connectivity index (χ3n) is 5.31. The number of carbonyl (C=O) groups is 1. The van der Waals surface area contributed by atoms with Crippen molar-refractivity contribution in [3.63, 3.8) is 0 Å². The number of hydrogen-bond acceptors (Lipinski definition) is 4. The molecule has 6 nitrogen and oxygen atoms in total. The molecule has 0 saturated heterocycles. The van der Waals surface area contributed by atoms with E-state index < -0.39 is 15.4 Å². The molecule has 0 radical (unpaired) electrons. The van der Waals surface area contributed by atoms with Gasteiger partial charge in [0.05, 0.1) is 38.9 Å². The Kier molecular flexibility index (Phi) is 6.31. The number of ether oxygens (including phenoxy) is 1. The van der Waals surface area contributed by atoms with E-state index >= 15 is 0 Å². The molecule has 0 amide bonds. The molecule has 1 N–H and O–H groups in total. The minimum atomic E-state index is -3.96. The van der Waals surface area contributed by atoms with E-state index in [1.165, 1.54) is 0 Å². The molecule has 0 aromatic carbocycles. The summed E-state index contributed by atoms with van der Waals surface area (Å²) in [6.07, 6.45) is 5.52. The summed E-state index contributed by atoms with van der Waals surface area (Å²) < 4.78 is 37.9. The Labute approximate surface area is 145 Å². The van der Waals surface area contributed by atoms with Crippen LogP contribution in [0.5, 0.6) is 0 Å². The van der Waals surface area contributed by atoms with Crippen LogP contribution in [-0.4, -0.2) is 62.5 Å². The average Bonchev–Trinajstić information content (AvgIpc) is 2.46. The third-order valence-corrected chi connectivity index (χ3v) is 6.63. The molecule has 2 aliphatic carbocycles. The van der Waals surface area contributed by atoms with Crippen LogP contribution in [0.15, 0.2) is 0 Å². The highest BCUT2D eigenvalue weighted by Gasteiger charge is 2.34. The van der Waals surface area contributed by atoms with Gasteiger partial charge in [-0.25, -0.2) is 0 Å². The standard InChI is InChI=1S/C17H31NO5S/c1-18(2,3)12-13-4-6-14(7-5-13)17(19)23-15-8-10-16(11-9-15)24(20,21)22/h13-16H,4-12H2,1-3H3/p+1. The monoisotopic (exact) mass is 362 g/mol. The summed E-state index contributed by atoms with van der Waals surface area (Å²) in [7, 11) is 2.63. The van der Waals surface area contributed by atoms with Crippen molar-refractivity contribution in [2.24, 2.45) is 11.8 Å². The van der Waals surface area contributed by atoms with Crippen LogP contribution in [0, 0.1) is 11.8 Å². The molecule has 2 saturated carbocycles. The first-order chi connectivity index (χ1) is 11.0. The molecule has 0 bridgehead atoms. The van der Waals surface area contributed by atoms with Crippen LogP contribution >= 0.6 is 0 Å². The largest absolute Gasteiger partial charge is 0.462 e. The van der Waals surface area contributed by atoms with Gasteiger partial charge in [-0.15, -0.1) is 0 Å². The van der Waals surface area contributed by atoms with Crippen LogP contribution in [-0.2, 0) is 19.6 Å². The highest BCUT2D eigenvalue weighted by atomic mass is 32.2. The quantitative estimate of drug-likeness (QED) is 0.461. The first kappa shape index (κ1) is 19.7. The zero-order valence-corrected chi connectivity index (χ0v) is 15.9. The van der Waals surface area contributed by atoms with Gasteiger partial charge in [-0.05, 0) is 51.4 Å². The molecule has 2 aliphatic rings. The van der Waals surface area contributed by atoms with Gasteiger partial charge in [-0.1, -0.05) is 0 Å². The van der Waals surface area contributed by atoms with Crippen molar-refractivity contribution in [1.82, 2.24) is 0 Å². The summed E-state index contributed by atoms with van der Waals surface area (Å²) in [6, 6.07) is 0. The predicted molar refractivity (Wildman–Crippen MR) is 92.0 cm³/mol. The van der Waals surface area contributed by atoms with Crippen molar-refractivity contribution >= 4 is 16.1 Å². The van der Waals surface area contributed by atoms with Gasteiger partial charge in [-0.2, -0.15) is 8.42 Å². The van der Waals surface area contributed by atoms with Crippen LogP contribution in [0.2, 0.25) is 0 Å². The minimum absolute atomic E-state index is 0.00647. The first-order valence-electron chi connectivity index (χ1n) is 9.02. The van der Waals surface area contributed by atoms with E-state index in [0.29, 0.717) is 31.6 Å². The number of hydrogen-bond donors (Lipinski definition) is 1. The Morgan fingerprint density at radius 2 is 1.54 bits per heavy atom. The van der Waals surface area contributed by atoms with Crippen molar-refractivity contribution in [3.8, 4) is 0 Å². The number of esters is 1. The number of quaternary nitrogens is 1. The lowest BCUT2D eigenvalue weighted by molar-refractivity contribution is -0.874. The van der Waals surface area contributed by atoms with Gasteiger partial charge in [-0.3, -0.25) is 9.35 Å². The summed E-state index contributed by atoms with van der Waals surface area (Å²) in [5.41, 5.74) is 0. The number of carbonyl (C=O) groups excluding carboxylic acids is 1. The van der Waals surface area contributed by atoms with Crippen molar-refractivity contribution in [2.45, 2.75) is 62.7 Å². The van der Waals surface area contributed by atoms with Gasteiger partial charge in [0.15, 0.2) is 0 Å². The maximum Gasteiger partial charge on any atom is 0.309 e. The molecular weight excluding hydrogens is 330 g/mol. The molecule has 140 valence electrons. The summed E-state index contributed by atoms with van der Waals surface area (Å²) in [6.45, 7) is 1.14. The molecule has 0 spiro atoms. The summed E-state index contributed by atoms with van der Waals surface area (Å²) in [5, 5.41) is -0.696. The molecule has 0 aliphatic heterocycles. The molecule has 24 heavy (non-hydrogen) atoms. The van der Waals surface area contributed by atoms with Crippen molar-refractivity contribution in [3.05, 3.63) is 0 Å². The van der Waals surface area contributed by atoms with E-state index in [9.17, 15) is 13.2 Å². The van der Waals surface area contributed by atoms with E-state index in [1.807, 2.05) is 0 Å². The van der Waals surface area contributed by atoms with E-state index in [0.717, 1.165) is 36.7 Å². The van der Waals surface area contributed by atoms with Crippen LogP contribution in [0.25, 0.3) is 0 Å². The molecule has 7 heteroatoms. The van der Waals surface area contributed by atoms with Crippen LogP contribution in [0.1, 0.15) is 51.4 Å². The first-order valence-corrected chi connectivity index (χ1v) is 10.5. The van der Waals surface area contributed by atoms with Crippen molar-refractivity contribution in [1.29, 1.82) is 0 Å². The second kappa shape index (κ2) is 7.70. The molecule has 0 aromatic rings. The fourth-order valence-electron chi connectivity index (χ4n) is 4.06. The van der Waals surface area contributed by atoms with Crippen LogP contribution in [0.3, 0.4) is 0 Å². The Balaban J connectivity index is 1.73. The van der Waals surface area contributed by atoms with Gasteiger partial charge in [0.2, 0.25) is 0 Å². The zero-order chi connectivity index (χ0) is 18.0. The Hall–Kier alpha value is -0.660. The van der Waals surface area contributed by atoms with E-state index in [2.05, 4.69) is 21.1 Å².